The molecular weight excluding hydrogens is 470 g/mol. The zero-order valence-electron chi connectivity index (χ0n) is 6.83. The number of aromatic nitrogens is 1. The number of hydrogen-bond donors (Lipinski definition) is 1. The van der Waals surface area contributed by atoms with Gasteiger partial charge in [0, 0.05) is 64.3 Å². The Morgan fingerprint density at radius 1 is 1.23 bits per heavy atom. The Labute approximate surface area is 109 Å². The summed E-state index contributed by atoms with van der Waals surface area (Å²) in [5, 5.41) is 1.13. The molecule has 1 N–H and O–H groups in total. The molecule has 0 saturated carbocycles. The second-order valence-corrected chi connectivity index (χ2v) is 2.44. The van der Waals surface area contributed by atoms with Crippen molar-refractivity contribution in [3.05, 3.63) is 36.0 Å². The van der Waals surface area contributed by atoms with E-state index in [2.05, 4.69) is 4.98 Å². The molecule has 1 heterocycles. The normalized spacial score (nSPS) is 8.62. The first-order valence-corrected chi connectivity index (χ1v) is 3.42. The van der Waals surface area contributed by atoms with E-state index in [1.54, 1.807) is 0 Å². The summed E-state index contributed by atoms with van der Waals surface area (Å²) in [6, 6.07) is 7.55. The third-order valence-electron chi connectivity index (χ3n) is 1.72. The van der Waals surface area contributed by atoms with E-state index < -0.39 is 0 Å². The first-order valence-electron chi connectivity index (χ1n) is 3.42. The molecule has 0 aliphatic carbocycles. The number of aromatic amines is 1. The molecule has 1 aromatic carbocycles. The Balaban J connectivity index is 0.000000720. The summed E-state index contributed by atoms with van der Waals surface area (Å²) < 4.78 is 0. The molecule has 0 aliphatic heterocycles. The van der Waals surface area contributed by atoms with Crippen molar-refractivity contribution < 1.29 is 51.8 Å². The van der Waals surface area contributed by atoms with Crippen molar-refractivity contribution in [3.63, 3.8) is 0 Å². The third kappa shape index (κ3) is 2.68. The molecule has 2 radical (unpaired) electrons. The van der Waals surface area contributed by atoms with E-state index in [1.807, 2.05) is 30.5 Å². The predicted molar refractivity (Wildman–Crippen MR) is 43.7 cm³/mol. The molecule has 2 rings (SSSR count). The minimum absolute atomic E-state index is 0. The van der Waals surface area contributed by atoms with Crippen molar-refractivity contribution >= 4 is 17.2 Å². The van der Waals surface area contributed by atoms with Crippen LogP contribution in [0.25, 0.3) is 10.9 Å². The number of carbonyl (C=O) groups is 1. The average molecular weight is 477 g/mol. The van der Waals surface area contributed by atoms with Crippen LogP contribution in [-0.2, 0) is 32.7 Å². The first-order chi connectivity index (χ1) is 5.40. The molecule has 13 heavy (non-hydrogen) atoms. The summed E-state index contributed by atoms with van der Waals surface area (Å²) in [6.07, 6.45) is 2.71. The second kappa shape index (κ2) is 5.61. The Morgan fingerprint density at radius 2 is 2.00 bits per heavy atom. The fourth-order valence-corrected chi connectivity index (χ4v) is 1.14. The molecule has 2 aromatic rings. The van der Waals surface area contributed by atoms with Crippen LogP contribution in [0, 0.1) is 14.3 Å². The van der Waals surface area contributed by atoms with Gasteiger partial charge in [-0.1, -0.05) is 12.1 Å². The van der Waals surface area contributed by atoms with Gasteiger partial charge in [-0.2, -0.15) is 0 Å². The zero-order valence-corrected chi connectivity index (χ0v) is 12.8. The Bertz CT molecular complexity index is 399. The summed E-state index contributed by atoms with van der Waals surface area (Å²) in [5.74, 6) is 0. The number of H-pyrrole nitrogens is 1. The van der Waals surface area contributed by atoms with Crippen molar-refractivity contribution in [1.29, 1.82) is 0 Å². The van der Waals surface area contributed by atoms with Crippen molar-refractivity contribution in [2.24, 2.45) is 0 Å². The molecule has 0 bridgehead atoms. The maximum absolute atomic E-state index is 10.4. The van der Waals surface area contributed by atoms with Gasteiger partial charge in [-0.05, 0) is 17.5 Å². The van der Waals surface area contributed by atoms with Gasteiger partial charge in [0.25, 0.3) is 0 Å². The Morgan fingerprint density at radius 3 is 2.69 bits per heavy atom. The van der Waals surface area contributed by atoms with Gasteiger partial charge in [-0.15, -0.1) is 0 Å². The van der Waals surface area contributed by atoms with Gasteiger partial charge in [-0.3, -0.25) is 4.79 Å². The van der Waals surface area contributed by atoms with E-state index in [0.29, 0.717) is 5.56 Å². The van der Waals surface area contributed by atoms with Gasteiger partial charge in [-0.25, -0.2) is 0 Å². The fourth-order valence-electron chi connectivity index (χ4n) is 1.14. The van der Waals surface area contributed by atoms with E-state index >= 15 is 0 Å². The maximum Gasteiger partial charge on any atom is 0.150 e. The van der Waals surface area contributed by atoms with Crippen LogP contribution in [0.2, 0.25) is 0 Å². The number of hydrogen-bond acceptors (Lipinski definition) is 1. The van der Waals surface area contributed by atoms with Crippen LogP contribution in [-0.4, -0.2) is 11.3 Å². The van der Waals surface area contributed by atoms with Crippen LogP contribution in [0.4, 0.5) is 0 Å². The molecule has 0 spiro atoms. The molecule has 0 aliphatic rings. The van der Waals surface area contributed by atoms with Crippen LogP contribution in [0.3, 0.4) is 0 Å². The van der Waals surface area contributed by atoms with Gasteiger partial charge in [0.15, 0.2) is 0 Å². The molecule has 0 atom stereocenters. The van der Waals surface area contributed by atoms with Gasteiger partial charge >= 0.3 is 0 Å². The monoisotopic (exact) mass is 475 g/mol. The van der Waals surface area contributed by atoms with E-state index in [9.17, 15) is 4.79 Å². The number of rotatable bonds is 1. The smallest absolute Gasteiger partial charge is 0.150 e. The summed E-state index contributed by atoms with van der Waals surface area (Å²) in [4.78, 5) is 13.4. The Kier molecular flexibility index (Phi) is 5.58. The first kappa shape index (κ1) is 12.9. The molecule has 0 unspecified atom stereocenters. The van der Waals surface area contributed by atoms with Crippen LogP contribution < -0.4 is 0 Å². The largest absolute Gasteiger partial charge is 0.361 e. The number of fused-ring (bicyclic) bond motifs is 1. The molecular formula is C9H7AmNOY. The molecule has 0 saturated heterocycles. The van der Waals surface area contributed by atoms with Crippen molar-refractivity contribution in [3.8, 4) is 0 Å². The number of nitrogens with one attached hydrogen (secondary N) is 1. The molecule has 4 heteroatoms. The topological polar surface area (TPSA) is 32.9 Å². The summed E-state index contributed by atoms with van der Waals surface area (Å²) >= 11 is 0. The quantitative estimate of drug-likeness (QED) is 0.627. The summed E-state index contributed by atoms with van der Waals surface area (Å²) in [5.41, 5.74) is 1.72. The zero-order chi connectivity index (χ0) is 7.68. The summed E-state index contributed by atoms with van der Waals surface area (Å²) in [6.45, 7) is 0. The fraction of sp³-hybridized carbons (Fsp3) is 0. The maximum atomic E-state index is 10.4. The molecule has 2 nitrogen and oxygen atoms in total. The predicted octanol–water partition coefficient (Wildman–Crippen LogP) is 1.98. The van der Waals surface area contributed by atoms with Crippen molar-refractivity contribution in [2.45, 2.75) is 0 Å². The number of carbonyl (C=O) groups excluding carboxylic acids is 1. The standard InChI is InChI=1S/C9H7NO.Am.Y/c11-6-7-1-2-8-3-4-10-9(8)5-7;;/h1-6,10H;;. The van der Waals surface area contributed by atoms with Crippen LogP contribution in [0.5, 0.6) is 0 Å². The van der Waals surface area contributed by atoms with Crippen LogP contribution in [0.1, 0.15) is 10.4 Å². The van der Waals surface area contributed by atoms with Crippen molar-refractivity contribution in [1.82, 2.24) is 4.98 Å². The number of benzene rings is 1. The SMILES string of the molecule is O=Cc1ccc2cc[nH]c2c1.[Am].[Y]. The van der Waals surface area contributed by atoms with Gasteiger partial charge in [0.1, 0.15) is 6.29 Å². The van der Waals surface area contributed by atoms with Crippen molar-refractivity contribution in [2.75, 3.05) is 0 Å². The van der Waals surface area contributed by atoms with Crippen LogP contribution in [0.15, 0.2) is 30.5 Å². The molecule has 0 fully saturated rings. The van der Waals surface area contributed by atoms with Gasteiger partial charge in [0.05, 0.1) is 0 Å². The van der Waals surface area contributed by atoms with Gasteiger partial charge < -0.3 is 4.98 Å². The minimum Gasteiger partial charge on any atom is -0.361 e. The second-order valence-electron chi connectivity index (χ2n) is 2.44. The van der Waals surface area contributed by atoms with Crippen LogP contribution >= 0.6 is 0 Å². The molecule has 64 valence electrons. The van der Waals surface area contributed by atoms with E-state index in [-0.39, 0.29) is 47.0 Å². The van der Waals surface area contributed by atoms with E-state index in [4.69, 9.17) is 0 Å². The third-order valence-corrected chi connectivity index (χ3v) is 1.72. The molecule has 1 aromatic heterocycles. The van der Waals surface area contributed by atoms with E-state index in [0.717, 1.165) is 17.2 Å². The van der Waals surface area contributed by atoms with Gasteiger partial charge in [0.2, 0.25) is 0 Å². The molecule has 0 amide bonds. The minimum atomic E-state index is 0. The summed E-state index contributed by atoms with van der Waals surface area (Å²) in [7, 11) is 0. The van der Waals surface area contributed by atoms with E-state index in [1.165, 1.54) is 0 Å². The number of aldehydes is 1. The average Bonchev–Trinajstić information content (AvgIpc) is 2.50. The Hall–Kier alpha value is -0.0765.